The number of aromatic nitrogens is 2. The van der Waals surface area contributed by atoms with Crippen LogP contribution in [0.4, 0.5) is 0 Å². The maximum atomic E-state index is 13.4. The van der Waals surface area contributed by atoms with Gasteiger partial charge in [-0.25, -0.2) is 4.68 Å². The van der Waals surface area contributed by atoms with Gasteiger partial charge < -0.3 is 4.74 Å². The summed E-state index contributed by atoms with van der Waals surface area (Å²) in [6, 6.07) is 19.3. The average molecular weight is 481 g/mol. The number of benzene rings is 2. The summed E-state index contributed by atoms with van der Waals surface area (Å²) in [7, 11) is 0. The Bertz CT molecular complexity index is 1390. The molecular weight excluding hydrogens is 452 g/mol. The number of para-hydroxylation sites is 1. The molecular formula is C29H28N4O3. The van der Waals surface area contributed by atoms with E-state index in [-0.39, 0.29) is 18.0 Å². The first kappa shape index (κ1) is 24.7. The normalized spacial score (nSPS) is 15.1. The molecule has 0 aliphatic carbocycles. The zero-order chi connectivity index (χ0) is 25.8. The number of carbonyl (C=O) groups is 2. The number of nitrogens with zero attached hydrogens (tertiary/aromatic N) is 4. The number of amides is 2. The van der Waals surface area contributed by atoms with Gasteiger partial charge in [0.2, 0.25) is 0 Å². The highest BCUT2D eigenvalue weighted by atomic mass is 16.5. The van der Waals surface area contributed by atoms with Crippen molar-refractivity contribution in [3.05, 3.63) is 83.1 Å². The molecule has 182 valence electrons. The van der Waals surface area contributed by atoms with Gasteiger partial charge in [0, 0.05) is 29.4 Å². The summed E-state index contributed by atoms with van der Waals surface area (Å²) >= 11 is 0. The van der Waals surface area contributed by atoms with Gasteiger partial charge in [0.1, 0.15) is 17.4 Å². The molecule has 1 aliphatic heterocycles. The third kappa shape index (κ3) is 4.84. The Morgan fingerprint density at radius 3 is 2.36 bits per heavy atom. The zero-order valence-electron chi connectivity index (χ0n) is 20.9. The largest absolute Gasteiger partial charge is 0.494 e. The molecule has 0 saturated heterocycles. The Kier molecular flexibility index (Phi) is 7.16. The van der Waals surface area contributed by atoms with Gasteiger partial charge in [-0.05, 0) is 67.8 Å². The Morgan fingerprint density at radius 1 is 1.06 bits per heavy atom. The second kappa shape index (κ2) is 10.4. The highest BCUT2D eigenvalue weighted by Crippen LogP contribution is 2.32. The minimum atomic E-state index is -0.544. The highest BCUT2D eigenvalue weighted by Gasteiger charge is 2.35. The van der Waals surface area contributed by atoms with Crippen LogP contribution in [0.3, 0.4) is 0 Å². The predicted octanol–water partition coefficient (Wildman–Crippen LogP) is 5.19. The molecule has 0 spiro atoms. The summed E-state index contributed by atoms with van der Waals surface area (Å²) < 4.78 is 7.33. The number of nitriles is 1. The van der Waals surface area contributed by atoms with Crippen LogP contribution < -0.4 is 4.74 Å². The standard InChI is InChI=1S/C29H28N4O3/c1-5-36-24-13-11-21(12-14-24)27-22(18-33(31-27)23-9-7-6-8-10-23)15-25-20(4)26(16-30)29(35)32(28(25)34)17-19(2)3/h6-15,18-19H,5,17H2,1-4H3/b25-15+. The Hall–Kier alpha value is -4.44. The van der Waals surface area contributed by atoms with E-state index in [2.05, 4.69) is 0 Å². The van der Waals surface area contributed by atoms with Gasteiger partial charge in [-0.3, -0.25) is 14.5 Å². The maximum absolute atomic E-state index is 13.4. The van der Waals surface area contributed by atoms with Gasteiger partial charge in [-0.2, -0.15) is 10.4 Å². The fraction of sp³-hybridized carbons (Fsp3) is 0.241. The van der Waals surface area contributed by atoms with E-state index in [1.54, 1.807) is 17.7 Å². The van der Waals surface area contributed by atoms with Crippen molar-refractivity contribution in [1.29, 1.82) is 5.26 Å². The number of hydrogen-bond donors (Lipinski definition) is 0. The second-order valence-corrected chi connectivity index (χ2v) is 8.96. The first-order chi connectivity index (χ1) is 17.3. The summed E-state index contributed by atoms with van der Waals surface area (Å²) in [4.78, 5) is 27.4. The summed E-state index contributed by atoms with van der Waals surface area (Å²) in [6.07, 6.45) is 3.58. The van der Waals surface area contributed by atoms with Gasteiger partial charge in [0.25, 0.3) is 11.8 Å². The molecule has 1 aromatic heterocycles. The number of imide groups is 1. The molecule has 0 fully saturated rings. The summed E-state index contributed by atoms with van der Waals surface area (Å²) in [5.74, 6) is -0.128. The molecule has 0 unspecified atom stereocenters. The minimum Gasteiger partial charge on any atom is -0.494 e. The average Bonchev–Trinajstić information content (AvgIpc) is 3.30. The van der Waals surface area contributed by atoms with Gasteiger partial charge >= 0.3 is 0 Å². The molecule has 7 heteroatoms. The van der Waals surface area contributed by atoms with E-state index in [1.807, 2.05) is 87.6 Å². The van der Waals surface area contributed by atoms with E-state index in [1.165, 1.54) is 4.90 Å². The third-order valence-corrected chi connectivity index (χ3v) is 5.87. The van der Waals surface area contributed by atoms with Gasteiger partial charge in [-0.15, -0.1) is 0 Å². The molecule has 0 bridgehead atoms. The molecule has 0 atom stereocenters. The lowest BCUT2D eigenvalue weighted by Gasteiger charge is -2.28. The maximum Gasteiger partial charge on any atom is 0.271 e. The summed E-state index contributed by atoms with van der Waals surface area (Å²) in [5, 5.41) is 14.5. The van der Waals surface area contributed by atoms with Crippen molar-refractivity contribution in [2.75, 3.05) is 13.2 Å². The highest BCUT2D eigenvalue weighted by molar-refractivity contribution is 6.19. The van der Waals surface area contributed by atoms with E-state index in [0.29, 0.717) is 29.0 Å². The predicted molar refractivity (Wildman–Crippen MR) is 138 cm³/mol. The van der Waals surface area contributed by atoms with E-state index in [4.69, 9.17) is 9.84 Å². The van der Waals surface area contributed by atoms with Crippen molar-refractivity contribution in [3.63, 3.8) is 0 Å². The van der Waals surface area contributed by atoms with E-state index in [9.17, 15) is 14.9 Å². The topological polar surface area (TPSA) is 88.2 Å². The van der Waals surface area contributed by atoms with Gasteiger partial charge in [0.15, 0.2) is 0 Å². The Labute approximate surface area is 210 Å². The van der Waals surface area contributed by atoms with Gasteiger partial charge in [-0.1, -0.05) is 32.0 Å². The quantitative estimate of drug-likeness (QED) is 0.343. The number of rotatable bonds is 7. The molecule has 7 nitrogen and oxygen atoms in total. The van der Waals surface area contributed by atoms with Crippen LogP contribution in [0, 0.1) is 17.2 Å². The fourth-order valence-electron chi connectivity index (χ4n) is 4.12. The number of hydrogen-bond acceptors (Lipinski definition) is 5. The SMILES string of the molecule is CCOc1ccc(-c2nn(-c3ccccc3)cc2/C=C2/C(=O)N(CC(C)C)C(=O)C(C#N)=C2C)cc1. The van der Waals surface area contributed by atoms with Crippen LogP contribution in [-0.2, 0) is 9.59 Å². The summed E-state index contributed by atoms with van der Waals surface area (Å²) in [6.45, 7) is 8.23. The van der Waals surface area contributed by atoms with Crippen LogP contribution in [-0.4, -0.2) is 39.6 Å². The van der Waals surface area contributed by atoms with Crippen molar-refractivity contribution >= 4 is 17.9 Å². The second-order valence-electron chi connectivity index (χ2n) is 8.96. The monoisotopic (exact) mass is 480 g/mol. The summed E-state index contributed by atoms with van der Waals surface area (Å²) in [5.41, 5.74) is 3.75. The number of ether oxygens (including phenoxy) is 1. The van der Waals surface area contributed by atoms with Crippen molar-refractivity contribution < 1.29 is 14.3 Å². The lowest BCUT2D eigenvalue weighted by molar-refractivity contribution is -0.141. The molecule has 0 N–H and O–H groups in total. The van der Waals surface area contributed by atoms with Crippen molar-refractivity contribution in [2.45, 2.75) is 27.7 Å². The first-order valence-electron chi connectivity index (χ1n) is 11.9. The third-order valence-electron chi connectivity index (χ3n) is 5.87. The zero-order valence-corrected chi connectivity index (χ0v) is 20.9. The van der Waals surface area contributed by atoms with E-state index in [0.717, 1.165) is 17.0 Å². The van der Waals surface area contributed by atoms with Crippen molar-refractivity contribution in [1.82, 2.24) is 14.7 Å². The fourth-order valence-corrected chi connectivity index (χ4v) is 4.12. The molecule has 36 heavy (non-hydrogen) atoms. The molecule has 2 aromatic carbocycles. The molecule has 0 radical (unpaired) electrons. The first-order valence-corrected chi connectivity index (χ1v) is 11.9. The lowest BCUT2D eigenvalue weighted by Crippen LogP contribution is -2.44. The molecule has 0 saturated carbocycles. The van der Waals surface area contributed by atoms with Crippen LogP contribution in [0.25, 0.3) is 23.0 Å². The molecule has 2 amide bonds. The van der Waals surface area contributed by atoms with E-state index >= 15 is 0 Å². The lowest BCUT2D eigenvalue weighted by atomic mass is 9.92. The molecule has 3 aromatic rings. The van der Waals surface area contributed by atoms with Crippen LogP contribution >= 0.6 is 0 Å². The number of carbonyl (C=O) groups excluding carboxylic acids is 2. The van der Waals surface area contributed by atoms with E-state index < -0.39 is 11.8 Å². The Morgan fingerprint density at radius 2 is 1.75 bits per heavy atom. The smallest absolute Gasteiger partial charge is 0.271 e. The molecule has 4 rings (SSSR count). The van der Waals surface area contributed by atoms with Crippen LogP contribution in [0.5, 0.6) is 5.75 Å². The van der Waals surface area contributed by atoms with Gasteiger partial charge in [0.05, 0.1) is 18.0 Å². The molecule has 2 heterocycles. The van der Waals surface area contributed by atoms with Crippen LogP contribution in [0.15, 0.2) is 77.5 Å². The van der Waals surface area contributed by atoms with Crippen LogP contribution in [0.2, 0.25) is 0 Å². The Balaban J connectivity index is 1.88. The van der Waals surface area contributed by atoms with Crippen molar-refractivity contribution in [2.24, 2.45) is 5.92 Å². The molecule has 1 aliphatic rings. The minimum absolute atomic E-state index is 0.0143. The van der Waals surface area contributed by atoms with Crippen molar-refractivity contribution in [3.8, 4) is 28.8 Å². The van der Waals surface area contributed by atoms with Crippen LogP contribution in [0.1, 0.15) is 33.3 Å².